The summed E-state index contributed by atoms with van der Waals surface area (Å²) in [4.78, 5) is 17.4. The Morgan fingerprint density at radius 2 is 2.23 bits per heavy atom. The minimum Gasteiger partial charge on any atom is -0.333 e. The topological polar surface area (TPSA) is 52.2 Å². The third-order valence-electron chi connectivity index (χ3n) is 4.41. The lowest BCUT2D eigenvalue weighted by atomic mass is 9.98. The number of carbonyl (C=O) groups excluding carboxylic acids is 1. The van der Waals surface area contributed by atoms with Crippen LogP contribution in [0.5, 0.6) is 0 Å². The number of aromatic nitrogens is 2. The van der Waals surface area contributed by atoms with Crippen molar-refractivity contribution in [3.63, 3.8) is 0 Å². The highest BCUT2D eigenvalue weighted by Gasteiger charge is 2.30. The van der Waals surface area contributed by atoms with Crippen LogP contribution in [0, 0.1) is 5.92 Å². The second-order valence-corrected chi connectivity index (χ2v) is 6.68. The van der Waals surface area contributed by atoms with E-state index >= 15 is 0 Å². The SMILES string of the molecule is CC(C)CC1CN(C)CCN1C(=O)c1cccc2[nH]ncc12. The molecule has 1 unspecified atom stereocenters. The third-order valence-corrected chi connectivity index (χ3v) is 4.41. The summed E-state index contributed by atoms with van der Waals surface area (Å²) >= 11 is 0. The van der Waals surface area contributed by atoms with Crippen LogP contribution in [0.1, 0.15) is 30.6 Å². The van der Waals surface area contributed by atoms with E-state index in [2.05, 4.69) is 40.9 Å². The van der Waals surface area contributed by atoms with Crippen LogP contribution in [0.3, 0.4) is 0 Å². The van der Waals surface area contributed by atoms with Gasteiger partial charge in [0.25, 0.3) is 5.91 Å². The van der Waals surface area contributed by atoms with Crippen molar-refractivity contribution in [3.05, 3.63) is 30.0 Å². The third kappa shape index (κ3) is 2.86. The molecule has 0 aliphatic carbocycles. The Kier molecular flexibility index (Phi) is 4.16. The second-order valence-electron chi connectivity index (χ2n) is 6.68. The van der Waals surface area contributed by atoms with E-state index in [0.29, 0.717) is 5.92 Å². The first-order valence-electron chi connectivity index (χ1n) is 7.98. The number of hydrogen-bond donors (Lipinski definition) is 1. The van der Waals surface area contributed by atoms with E-state index in [9.17, 15) is 4.79 Å². The van der Waals surface area contributed by atoms with Gasteiger partial charge in [0, 0.05) is 31.1 Å². The molecule has 0 spiro atoms. The molecule has 0 bridgehead atoms. The van der Waals surface area contributed by atoms with Gasteiger partial charge in [-0.1, -0.05) is 19.9 Å². The molecule has 5 heteroatoms. The van der Waals surface area contributed by atoms with Crippen molar-refractivity contribution in [2.45, 2.75) is 26.3 Å². The van der Waals surface area contributed by atoms with Crippen molar-refractivity contribution in [3.8, 4) is 0 Å². The van der Waals surface area contributed by atoms with Gasteiger partial charge in [0.2, 0.25) is 0 Å². The van der Waals surface area contributed by atoms with Crippen molar-refractivity contribution in [1.29, 1.82) is 0 Å². The first kappa shape index (κ1) is 15.0. The zero-order valence-electron chi connectivity index (χ0n) is 13.5. The summed E-state index contributed by atoms with van der Waals surface area (Å²) in [5.41, 5.74) is 1.67. The van der Waals surface area contributed by atoms with Gasteiger partial charge in [0.15, 0.2) is 0 Å². The molecule has 1 aliphatic heterocycles. The zero-order valence-corrected chi connectivity index (χ0v) is 13.5. The van der Waals surface area contributed by atoms with Crippen molar-refractivity contribution < 1.29 is 4.79 Å². The molecule has 0 radical (unpaired) electrons. The quantitative estimate of drug-likeness (QED) is 0.947. The van der Waals surface area contributed by atoms with Crippen molar-refractivity contribution >= 4 is 16.8 Å². The zero-order chi connectivity index (χ0) is 15.7. The first-order valence-corrected chi connectivity index (χ1v) is 7.98. The summed E-state index contributed by atoms with van der Waals surface area (Å²) in [5.74, 6) is 0.710. The first-order chi connectivity index (χ1) is 10.6. The highest BCUT2D eigenvalue weighted by atomic mass is 16.2. The molecule has 1 fully saturated rings. The van der Waals surface area contributed by atoms with Crippen LogP contribution in [-0.2, 0) is 0 Å². The van der Waals surface area contributed by atoms with Gasteiger partial charge in [-0.05, 0) is 31.5 Å². The number of likely N-dealkylation sites (N-methyl/N-ethyl adjacent to an activating group) is 1. The normalized spacial score (nSPS) is 20.0. The summed E-state index contributed by atoms with van der Waals surface area (Å²) in [7, 11) is 2.13. The molecule has 1 aromatic heterocycles. The van der Waals surface area contributed by atoms with Crippen LogP contribution < -0.4 is 0 Å². The molecule has 2 aromatic rings. The van der Waals surface area contributed by atoms with Crippen molar-refractivity contribution in [2.24, 2.45) is 5.92 Å². The molecule has 1 aliphatic rings. The lowest BCUT2D eigenvalue weighted by Crippen LogP contribution is -2.54. The lowest BCUT2D eigenvalue weighted by molar-refractivity contribution is 0.0462. The van der Waals surface area contributed by atoms with Gasteiger partial charge in [-0.2, -0.15) is 5.10 Å². The van der Waals surface area contributed by atoms with Gasteiger partial charge in [-0.3, -0.25) is 9.89 Å². The maximum Gasteiger partial charge on any atom is 0.254 e. The van der Waals surface area contributed by atoms with E-state index in [1.807, 2.05) is 18.2 Å². The van der Waals surface area contributed by atoms with E-state index in [1.165, 1.54) is 0 Å². The van der Waals surface area contributed by atoms with E-state index in [-0.39, 0.29) is 11.9 Å². The summed E-state index contributed by atoms with van der Waals surface area (Å²) in [6.45, 7) is 7.11. The fourth-order valence-corrected chi connectivity index (χ4v) is 3.33. The maximum absolute atomic E-state index is 13.1. The average molecular weight is 300 g/mol. The molecule has 0 saturated carbocycles. The molecule has 1 saturated heterocycles. The number of nitrogens with one attached hydrogen (secondary N) is 1. The second kappa shape index (κ2) is 6.08. The Morgan fingerprint density at radius 3 is 3.00 bits per heavy atom. The Labute approximate surface area is 131 Å². The molecule has 118 valence electrons. The van der Waals surface area contributed by atoms with Gasteiger partial charge in [-0.15, -0.1) is 0 Å². The largest absolute Gasteiger partial charge is 0.333 e. The number of rotatable bonds is 3. The van der Waals surface area contributed by atoms with Crippen LogP contribution in [0.4, 0.5) is 0 Å². The molecular weight excluding hydrogens is 276 g/mol. The minimum atomic E-state index is 0.130. The monoisotopic (exact) mass is 300 g/mol. The van der Waals surface area contributed by atoms with Gasteiger partial charge in [0.05, 0.1) is 17.3 Å². The Bertz CT molecular complexity index is 661. The smallest absolute Gasteiger partial charge is 0.254 e. The highest BCUT2D eigenvalue weighted by Crippen LogP contribution is 2.23. The van der Waals surface area contributed by atoms with E-state index in [0.717, 1.165) is 42.5 Å². The average Bonchev–Trinajstić information content (AvgIpc) is 2.94. The fraction of sp³-hybridized carbons (Fsp3) is 0.529. The fourth-order valence-electron chi connectivity index (χ4n) is 3.33. The molecule has 1 amide bonds. The van der Waals surface area contributed by atoms with E-state index in [4.69, 9.17) is 0 Å². The maximum atomic E-state index is 13.1. The van der Waals surface area contributed by atoms with E-state index < -0.39 is 0 Å². The van der Waals surface area contributed by atoms with E-state index in [1.54, 1.807) is 6.20 Å². The number of benzene rings is 1. The summed E-state index contributed by atoms with van der Waals surface area (Å²) in [6.07, 6.45) is 2.79. The number of H-pyrrole nitrogens is 1. The minimum absolute atomic E-state index is 0.130. The lowest BCUT2D eigenvalue weighted by Gasteiger charge is -2.41. The molecule has 3 rings (SSSR count). The van der Waals surface area contributed by atoms with Gasteiger partial charge in [-0.25, -0.2) is 0 Å². The summed E-state index contributed by atoms with van der Waals surface area (Å²) in [6, 6.07) is 6.06. The molecule has 1 atom stereocenters. The van der Waals surface area contributed by atoms with Crippen molar-refractivity contribution in [1.82, 2.24) is 20.0 Å². The van der Waals surface area contributed by atoms with Crippen LogP contribution in [0.2, 0.25) is 0 Å². The summed E-state index contributed by atoms with van der Waals surface area (Å²) in [5, 5.41) is 7.92. The highest BCUT2D eigenvalue weighted by molar-refractivity contribution is 6.06. The predicted octanol–water partition coefficient (Wildman–Crippen LogP) is 2.37. The Balaban J connectivity index is 1.90. The molecular formula is C17H24N4O. The molecule has 1 aromatic carbocycles. The molecule has 5 nitrogen and oxygen atoms in total. The molecule has 1 N–H and O–H groups in total. The number of hydrogen-bond acceptors (Lipinski definition) is 3. The van der Waals surface area contributed by atoms with Crippen LogP contribution in [0.25, 0.3) is 10.9 Å². The summed E-state index contributed by atoms with van der Waals surface area (Å²) < 4.78 is 0. The molecule has 2 heterocycles. The standard InChI is InChI=1S/C17H24N4O/c1-12(2)9-13-11-20(3)7-8-21(13)17(22)14-5-4-6-16-15(14)10-18-19-16/h4-6,10,12-13H,7-9,11H2,1-3H3,(H,18,19). The number of carbonyl (C=O) groups is 1. The Hall–Kier alpha value is -1.88. The predicted molar refractivity (Wildman–Crippen MR) is 87.9 cm³/mol. The number of aromatic amines is 1. The van der Waals surface area contributed by atoms with Gasteiger partial charge < -0.3 is 9.80 Å². The van der Waals surface area contributed by atoms with Gasteiger partial charge in [0.1, 0.15) is 0 Å². The number of amides is 1. The van der Waals surface area contributed by atoms with Crippen LogP contribution in [-0.4, -0.2) is 58.6 Å². The number of fused-ring (bicyclic) bond motifs is 1. The van der Waals surface area contributed by atoms with Crippen LogP contribution >= 0.6 is 0 Å². The van der Waals surface area contributed by atoms with Crippen molar-refractivity contribution in [2.75, 3.05) is 26.7 Å². The molecule has 22 heavy (non-hydrogen) atoms. The van der Waals surface area contributed by atoms with Gasteiger partial charge >= 0.3 is 0 Å². The number of nitrogens with zero attached hydrogens (tertiary/aromatic N) is 3. The Morgan fingerprint density at radius 1 is 1.41 bits per heavy atom. The van der Waals surface area contributed by atoms with Crippen LogP contribution in [0.15, 0.2) is 24.4 Å². The number of piperazine rings is 1.